The lowest BCUT2D eigenvalue weighted by Gasteiger charge is -1.61. The molecule has 0 saturated carbocycles. The zero-order valence-electron chi connectivity index (χ0n) is 4.00. The van der Waals surface area contributed by atoms with E-state index in [9.17, 15) is 0 Å². The second-order valence-electron chi connectivity index (χ2n) is 0.516. The van der Waals surface area contributed by atoms with Crippen LogP contribution in [-0.4, -0.2) is 11.7 Å². The second-order valence-corrected chi connectivity index (χ2v) is 1.08. The highest BCUT2D eigenvalue weighted by atomic mass is 79.9. The van der Waals surface area contributed by atoms with Gasteiger partial charge in [0.2, 0.25) is 0 Å². The van der Waals surface area contributed by atoms with E-state index in [1.54, 1.807) is 6.08 Å². The molecule has 0 aliphatic heterocycles. The van der Waals surface area contributed by atoms with Crippen molar-refractivity contribution in [2.45, 2.75) is 0 Å². The largest absolute Gasteiger partial charge is 0.122 e. The predicted molar refractivity (Wildman–Crippen MR) is 40.6 cm³/mol. The van der Waals surface area contributed by atoms with E-state index in [0.29, 0.717) is 5.88 Å². The van der Waals surface area contributed by atoms with Crippen LogP contribution in [0.1, 0.15) is 0 Å². The van der Waals surface area contributed by atoms with Gasteiger partial charge in [0.05, 0.1) is 0 Å². The molecule has 0 radical (unpaired) electrons. The van der Waals surface area contributed by atoms with Crippen LogP contribution in [-0.2, 0) is 0 Å². The highest BCUT2D eigenvalue weighted by Crippen LogP contribution is 1.79. The highest BCUT2D eigenvalue weighted by molar-refractivity contribution is 9.08. The maximum Gasteiger partial charge on any atom is 0.0415 e. The van der Waals surface area contributed by atoms with Gasteiger partial charge in [-0.2, -0.15) is 0 Å². The first-order valence-electron chi connectivity index (χ1n) is 1.61. The number of halogens is 3. The van der Waals surface area contributed by atoms with Crippen LogP contribution in [0.15, 0.2) is 11.6 Å². The predicted octanol–water partition coefficient (Wildman–Crippen LogP) is 2.99. The van der Waals surface area contributed by atoms with Crippen molar-refractivity contribution in [2.24, 2.45) is 0 Å². The lowest BCUT2D eigenvalue weighted by atomic mass is 10.8. The Kier molecular flexibility index (Phi) is 24.3. The average molecular weight is 206 g/mol. The molecule has 0 aromatic heterocycles. The SMILES string of the molecule is CBr.ClC=CCCl. The molecular weight excluding hydrogens is 199 g/mol. The molecule has 0 rings (SSSR count). The molecule has 0 nitrogen and oxygen atoms in total. The van der Waals surface area contributed by atoms with Gasteiger partial charge in [0.25, 0.3) is 0 Å². The molecular formula is C4H7BrCl2. The quantitative estimate of drug-likeness (QED) is 0.578. The van der Waals surface area contributed by atoms with Crippen LogP contribution in [0, 0.1) is 0 Å². The Labute approximate surface area is 62.6 Å². The maximum atomic E-state index is 5.13. The van der Waals surface area contributed by atoms with Gasteiger partial charge < -0.3 is 0 Å². The van der Waals surface area contributed by atoms with Crippen molar-refractivity contribution in [3.05, 3.63) is 11.6 Å². The second kappa shape index (κ2) is 15.8. The van der Waals surface area contributed by atoms with E-state index in [4.69, 9.17) is 23.2 Å². The molecule has 0 bridgehead atoms. The molecule has 0 aliphatic rings. The standard InChI is InChI=1S/C3H4Cl2.CH3Br/c4-2-1-3-5;1-2/h1-2H,3H2;1H3. The molecule has 0 unspecified atom stereocenters. The Bertz CT molecular complexity index is 36.7. The van der Waals surface area contributed by atoms with Gasteiger partial charge in [-0.1, -0.05) is 33.6 Å². The van der Waals surface area contributed by atoms with Gasteiger partial charge in [-0.3, -0.25) is 0 Å². The summed E-state index contributed by atoms with van der Waals surface area (Å²) in [7, 11) is 0. The first-order chi connectivity index (χ1) is 3.41. The summed E-state index contributed by atoms with van der Waals surface area (Å²) in [4.78, 5) is 0. The van der Waals surface area contributed by atoms with E-state index in [1.165, 1.54) is 5.54 Å². The van der Waals surface area contributed by atoms with Gasteiger partial charge in [-0.05, 0) is 5.83 Å². The number of allylic oxidation sites excluding steroid dienone is 1. The first-order valence-corrected chi connectivity index (χ1v) is 4.16. The van der Waals surface area contributed by atoms with Gasteiger partial charge in [0.15, 0.2) is 0 Å². The Hall–Kier alpha value is 0.800. The Morgan fingerprint density at radius 1 is 1.57 bits per heavy atom. The molecule has 0 atom stereocenters. The summed E-state index contributed by atoms with van der Waals surface area (Å²) in [6.45, 7) is 0. The van der Waals surface area contributed by atoms with E-state index in [2.05, 4.69) is 15.9 Å². The van der Waals surface area contributed by atoms with Crippen molar-refractivity contribution >= 4 is 39.1 Å². The Balaban J connectivity index is 0. The maximum absolute atomic E-state index is 5.13. The Morgan fingerprint density at radius 3 is 2.00 bits per heavy atom. The van der Waals surface area contributed by atoms with E-state index in [0.717, 1.165) is 0 Å². The van der Waals surface area contributed by atoms with Gasteiger partial charge in [0.1, 0.15) is 0 Å². The lowest BCUT2D eigenvalue weighted by molar-refractivity contribution is 1.79. The van der Waals surface area contributed by atoms with Crippen LogP contribution in [0.4, 0.5) is 0 Å². The number of rotatable bonds is 1. The van der Waals surface area contributed by atoms with Crippen molar-refractivity contribution in [3.8, 4) is 0 Å². The molecule has 0 amide bonds. The minimum Gasteiger partial charge on any atom is -0.122 e. The number of alkyl halides is 2. The molecule has 0 heterocycles. The summed E-state index contributed by atoms with van der Waals surface area (Å²) in [6, 6.07) is 0. The molecule has 0 aromatic rings. The molecule has 7 heavy (non-hydrogen) atoms. The molecule has 0 N–H and O–H groups in total. The third kappa shape index (κ3) is 20.0. The molecule has 0 aromatic carbocycles. The monoisotopic (exact) mass is 204 g/mol. The molecule has 0 spiro atoms. The van der Waals surface area contributed by atoms with Crippen LogP contribution in [0.5, 0.6) is 0 Å². The van der Waals surface area contributed by atoms with Crippen molar-refractivity contribution in [3.63, 3.8) is 0 Å². The molecule has 44 valence electrons. The van der Waals surface area contributed by atoms with Gasteiger partial charge in [-0.25, -0.2) is 0 Å². The van der Waals surface area contributed by atoms with E-state index < -0.39 is 0 Å². The van der Waals surface area contributed by atoms with Crippen molar-refractivity contribution < 1.29 is 0 Å². The van der Waals surface area contributed by atoms with Crippen LogP contribution in [0.25, 0.3) is 0 Å². The number of hydrogen-bond acceptors (Lipinski definition) is 0. The summed E-state index contributed by atoms with van der Waals surface area (Å²) < 4.78 is 0. The number of hydrogen-bond donors (Lipinski definition) is 0. The van der Waals surface area contributed by atoms with E-state index in [1.807, 2.05) is 5.83 Å². The zero-order valence-corrected chi connectivity index (χ0v) is 7.09. The average Bonchev–Trinajstić information content (AvgIpc) is 1.75. The Morgan fingerprint density at radius 2 is 2.00 bits per heavy atom. The normalized spacial score (nSPS) is 8.00. The molecule has 0 aliphatic carbocycles. The van der Waals surface area contributed by atoms with Gasteiger partial charge in [-0.15, -0.1) is 11.6 Å². The highest BCUT2D eigenvalue weighted by Gasteiger charge is 1.56. The van der Waals surface area contributed by atoms with Crippen LogP contribution < -0.4 is 0 Å². The molecule has 3 heteroatoms. The minimum atomic E-state index is 0.503. The smallest absolute Gasteiger partial charge is 0.0415 e. The summed E-state index contributed by atoms with van der Waals surface area (Å²) >= 11 is 13.1. The summed E-state index contributed by atoms with van der Waals surface area (Å²) in [6.07, 6.45) is 1.66. The van der Waals surface area contributed by atoms with Crippen LogP contribution in [0.3, 0.4) is 0 Å². The van der Waals surface area contributed by atoms with Crippen LogP contribution >= 0.6 is 39.1 Å². The fraction of sp³-hybridized carbons (Fsp3) is 0.500. The molecule has 0 fully saturated rings. The summed E-state index contributed by atoms with van der Waals surface area (Å²) in [5.74, 6) is 2.32. The minimum absolute atomic E-state index is 0.503. The van der Waals surface area contributed by atoms with Crippen molar-refractivity contribution in [1.29, 1.82) is 0 Å². The fourth-order valence-corrected chi connectivity index (χ4v) is 0.303. The van der Waals surface area contributed by atoms with Crippen LogP contribution in [0.2, 0.25) is 0 Å². The van der Waals surface area contributed by atoms with E-state index in [-0.39, 0.29) is 0 Å². The topological polar surface area (TPSA) is 0 Å². The first kappa shape index (κ1) is 10.7. The summed E-state index contributed by atoms with van der Waals surface area (Å²) in [5, 5.41) is 0. The molecule has 0 saturated heterocycles. The lowest BCUT2D eigenvalue weighted by Crippen LogP contribution is -1.48. The van der Waals surface area contributed by atoms with Gasteiger partial charge in [0, 0.05) is 11.4 Å². The third-order valence-electron chi connectivity index (χ3n) is 0.178. The van der Waals surface area contributed by atoms with Crippen molar-refractivity contribution in [2.75, 3.05) is 11.7 Å². The zero-order chi connectivity index (χ0) is 6.12. The third-order valence-corrected chi connectivity index (χ3v) is 0.535. The fourth-order valence-electron chi connectivity index (χ4n) is 0.0337. The van der Waals surface area contributed by atoms with Gasteiger partial charge >= 0.3 is 0 Å². The van der Waals surface area contributed by atoms with E-state index >= 15 is 0 Å². The van der Waals surface area contributed by atoms with Crippen molar-refractivity contribution in [1.82, 2.24) is 0 Å². The summed E-state index contributed by atoms with van der Waals surface area (Å²) in [5.41, 5.74) is 1.40.